The number of halogens is 4. The topological polar surface area (TPSA) is 29.5 Å². The van der Waals surface area contributed by atoms with Crippen molar-refractivity contribution in [3.05, 3.63) is 65.5 Å². The fourth-order valence-electron chi connectivity index (χ4n) is 2.95. The largest absolute Gasteiger partial charge is 0.459 e. The van der Waals surface area contributed by atoms with Gasteiger partial charge in [-0.2, -0.15) is 8.78 Å². The number of amides is 1. The monoisotopic (exact) mass is 425 g/mol. The minimum atomic E-state index is -3.50. The Labute approximate surface area is 157 Å². The van der Waals surface area contributed by atoms with Crippen molar-refractivity contribution in [3.63, 3.8) is 0 Å². The van der Waals surface area contributed by atoms with Crippen LogP contribution >= 0.6 is 15.9 Å². The lowest BCUT2D eigenvalue weighted by Gasteiger charge is -2.19. The Morgan fingerprint density at radius 2 is 1.92 bits per heavy atom. The van der Waals surface area contributed by atoms with Gasteiger partial charge in [-0.05, 0) is 41.8 Å². The molecule has 3 rings (SSSR count). The molecule has 1 heterocycles. The minimum Gasteiger partial charge on any atom is -0.424 e. The fraction of sp³-hybridized carbons (Fsp3) is 0.211. The molecule has 1 amide bonds. The first-order chi connectivity index (χ1) is 12.3. The standard InChI is InChI=1S/C19H15BrF3NO2/c1-2-12-11-24(15-7-4-8-16(10-15)26-19(20,22)23)18(25)17(12)13-5-3-6-14(21)9-13/h3-10H,2,11H2,1H3. The molecule has 0 saturated carbocycles. The molecular formula is C19H15BrF3NO2. The van der Waals surface area contributed by atoms with Gasteiger partial charge in [0.15, 0.2) is 0 Å². The lowest BCUT2D eigenvalue weighted by atomic mass is 10.0. The van der Waals surface area contributed by atoms with E-state index in [4.69, 9.17) is 0 Å². The zero-order valence-corrected chi connectivity index (χ0v) is 15.4. The Bertz CT molecular complexity index is 877. The van der Waals surface area contributed by atoms with Gasteiger partial charge in [0.2, 0.25) is 0 Å². The van der Waals surface area contributed by atoms with Gasteiger partial charge in [-0.15, -0.1) is 0 Å². The predicted molar refractivity (Wildman–Crippen MR) is 96.9 cm³/mol. The average Bonchev–Trinajstić information content (AvgIpc) is 2.90. The molecule has 0 aliphatic carbocycles. The van der Waals surface area contributed by atoms with Crippen LogP contribution in [0, 0.1) is 5.82 Å². The smallest absolute Gasteiger partial charge is 0.424 e. The van der Waals surface area contributed by atoms with Crippen molar-refractivity contribution in [2.75, 3.05) is 11.4 Å². The molecule has 1 aliphatic rings. The summed E-state index contributed by atoms with van der Waals surface area (Å²) in [7, 11) is 0. The van der Waals surface area contributed by atoms with Crippen LogP contribution in [0.15, 0.2) is 54.1 Å². The molecule has 0 saturated heterocycles. The van der Waals surface area contributed by atoms with E-state index >= 15 is 0 Å². The van der Waals surface area contributed by atoms with E-state index in [1.165, 1.54) is 35.2 Å². The third kappa shape index (κ3) is 3.93. The normalized spacial score (nSPS) is 15.0. The second-order valence-electron chi connectivity index (χ2n) is 5.78. The zero-order valence-electron chi connectivity index (χ0n) is 13.8. The molecule has 0 fully saturated rings. The lowest BCUT2D eigenvalue weighted by molar-refractivity contribution is -0.112. The first kappa shape index (κ1) is 18.5. The van der Waals surface area contributed by atoms with Crippen molar-refractivity contribution in [1.82, 2.24) is 0 Å². The summed E-state index contributed by atoms with van der Waals surface area (Å²) < 4.78 is 44.1. The summed E-state index contributed by atoms with van der Waals surface area (Å²) in [4.78, 5) is 14.4. The second-order valence-corrected chi connectivity index (χ2v) is 6.70. The molecule has 0 unspecified atom stereocenters. The van der Waals surface area contributed by atoms with Crippen molar-refractivity contribution in [2.24, 2.45) is 0 Å². The number of ether oxygens (including phenoxy) is 1. The molecule has 0 aromatic heterocycles. The Hall–Kier alpha value is -2.28. The van der Waals surface area contributed by atoms with E-state index in [2.05, 4.69) is 20.7 Å². The number of hydrogen-bond acceptors (Lipinski definition) is 2. The lowest BCUT2D eigenvalue weighted by Crippen LogP contribution is -2.26. The molecule has 7 heteroatoms. The van der Waals surface area contributed by atoms with E-state index in [-0.39, 0.29) is 11.7 Å². The summed E-state index contributed by atoms with van der Waals surface area (Å²) in [6.07, 6.45) is 0.615. The number of benzene rings is 2. The van der Waals surface area contributed by atoms with E-state index in [0.717, 1.165) is 5.57 Å². The maximum absolute atomic E-state index is 13.6. The Morgan fingerprint density at radius 3 is 2.58 bits per heavy atom. The first-order valence-electron chi connectivity index (χ1n) is 7.94. The maximum atomic E-state index is 13.6. The minimum absolute atomic E-state index is 0.0746. The third-order valence-electron chi connectivity index (χ3n) is 4.06. The fourth-order valence-corrected chi connectivity index (χ4v) is 3.13. The molecule has 0 atom stereocenters. The van der Waals surface area contributed by atoms with Gasteiger partial charge in [-0.25, -0.2) is 4.39 Å². The number of nitrogens with zero attached hydrogens (tertiary/aromatic N) is 1. The first-order valence-corrected chi connectivity index (χ1v) is 8.73. The van der Waals surface area contributed by atoms with Crippen LogP contribution in [0.25, 0.3) is 5.57 Å². The zero-order chi connectivity index (χ0) is 18.9. The average molecular weight is 426 g/mol. The highest BCUT2D eigenvalue weighted by Gasteiger charge is 2.32. The summed E-state index contributed by atoms with van der Waals surface area (Å²) in [6, 6.07) is 11.8. The van der Waals surface area contributed by atoms with Crippen LogP contribution in [-0.2, 0) is 4.79 Å². The van der Waals surface area contributed by atoms with E-state index in [1.54, 1.807) is 18.2 Å². The van der Waals surface area contributed by atoms with Crippen LogP contribution in [0.4, 0.5) is 18.9 Å². The molecule has 1 aliphatic heterocycles. The SMILES string of the molecule is CCC1=C(c2cccc(F)c2)C(=O)N(c2cccc(OC(F)(F)Br)c2)C1. The number of carbonyl (C=O) groups excluding carboxylic acids is 1. The van der Waals surface area contributed by atoms with Crippen molar-refractivity contribution < 1.29 is 22.7 Å². The number of alkyl halides is 3. The molecule has 0 spiro atoms. The van der Waals surface area contributed by atoms with Crippen LogP contribution in [0.5, 0.6) is 5.75 Å². The predicted octanol–water partition coefficient (Wildman–Crippen LogP) is 5.36. The molecule has 2 aromatic carbocycles. The van der Waals surface area contributed by atoms with Gasteiger partial charge >= 0.3 is 5.02 Å². The van der Waals surface area contributed by atoms with Crippen LogP contribution in [0.2, 0.25) is 0 Å². The molecule has 0 bridgehead atoms. The van der Waals surface area contributed by atoms with Gasteiger partial charge in [0.1, 0.15) is 11.6 Å². The molecule has 0 N–H and O–H groups in total. The van der Waals surface area contributed by atoms with Gasteiger partial charge < -0.3 is 9.64 Å². The van der Waals surface area contributed by atoms with Gasteiger partial charge in [-0.3, -0.25) is 4.79 Å². The summed E-state index contributed by atoms with van der Waals surface area (Å²) in [6.45, 7) is 2.23. The van der Waals surface area contributed by atoms with Crippen molar-refractivity contribution >= 4 is 33.1 Å². The highest BCUT2D eigenvalue weighted by molar-refractivity contribution is 9.09. The summed E-state index contributed by atoms with van der Waals surface area (Å²) in [5.74, 6) is -0.795. The number of anilines is 1. The summed E-state index contributed by atoms with van der Waals surface area (Å²) >= 11 is 2.12. The van der Waals surface area contributed by atoms with E-state index in [9.17, 15) is 18.0 Å². The third-order valence-corrected chi connectivity index (χ3v) is 4.23. The Kier molecular flexibility index (Phi) is 5.09. The molecule has 2 aromatic rings. The number of rotatable bonds is 5. The van der Waals surface area contributed by atoms with E-state index < -0.39 is 10.8 Å². The highest BCUT2D eigenvalue weighted by atomic mass is 79.9. The quantitative estimate of drug-likeness (QED) is 0.603. The van der Waals surface area contributed by atoms with Crippen LogP contribution < -0.4 is 9.64 Å². The molecule has 3 nitrogen and oxygen atoms in total. The van der Waals surface area contributed by atoms with Crippen molar-refractivity contribution in [1.29, 1.82) is 0 Å². The van der Waals surface area contributed by atoms with E-state index in [0.29, 0.717) is 29.8 Å². The van der Waals surface area contributed by atoms with Crippen molar-refractivity contribution in [3.8, 4) is 5.75 Å². The van der Waals surface area contributed by atoms with Gasteiger partial charge in [0.05, 0.1) is 0 Å². The Morgan fingerprint density at radius 1 is 1.19 bits per heavy atom. The molecular weight excluding hydrogens is 411 g/mol. The molecule has 136 valence electrons. The second kappa shape index (κ2) is 7.15. The van der Waals surface area contributed by atoms with Gasteiger partial charge in [0, 0.05) is 39.8 Å². The van der Waals surface area contributed by atoms with Crippen molar-refractivity contribution in [2.45, 2.75) is 18.4 Å². The molecule has 26 heavy (non-hydrogen) atoms. The van der Waals surface area contributed by atoms with Gasteiger partial charge in [-0.1, -0.05) is 25.1 Å². The summed E-state index contributed by atoms with van der Waals surface area (Å²) in [5.41, 5.74) is 2.25. The molecule has 0 radical (unpaired) electrons. The highest BCUT2D eigenvalue weighted by Crippen LogP contribution is 2.35. The van der Waals surface area contributed by atoms with Crippen LogP contribution in [0.3, 0.4) is 0 Å². The van der Waals surface area contributed by atoms with Crippen LogP contribution in [-0.4, -0.2) is 17.5 Å². The Balaban J connectivity index is 1.93. The number of hydrogen-bond donors (Lipinski definition) is 0. The van der Waals surface area contributed by atoms with Gasteiger partial charge in [0.25, 0.3) is 5.91 Å². The van der Waals surface area contributed by atoms with E-state index in [1.807, 2.05) is 6.92 Å². The summed E-state index contributed by atoms with van der Waals surface area (Å²) in [5, 5.41) is -3.50. The number of carbonyl (C=O) groups is 1. The van der Waals surface area contributed by atoms with Crippen LogP contribution in [0.1, 0.15) is 18.9 Å². The maximum Gasteiger partial charge on any atom is 0.459 e.